The van der Waals surface area contributed by atoms with Gasteiger partial charge in [0.15, 0.2) is 11.5 Å². The highest BCUT2D eigenvalue weighted by atomic mass is 16.5. The molecule has 0 aliphatic carbocycles. The number of fused-ring (bicyclic) bond motifs is 5. The topological polar surface area (TPSA) is 138 Å². The first-order chi connectivity index (χ1) is 18.4. The van der Waals surface area contributed by atoms with Crippen LogP contribution in [0.3, 0.4) is 0 Å². The van der Waals surface area contributed by atoms with Crippen molar-refractivity contribution >= 4 is 18.3 Å². The molecule has 3 aromatic rings. The number of ether oxygens (including phenoxy) is 2. The number of aromatic amines is 1. The molecule has 4 aliphatic heterocycles. The van der Waals surface area contributed by atoms with E-state index in [1.54, 1.807) is 17.0 Å². The molecule has 4 aliphatic rings. The van der Waals surface area contributed by atoms with Crippen LogP contribution in [0, 0.1) is 5.41 Å². The van der Waals surface area contributed by atoms with Crippen molar-refractivity contribution in [3.63, 3.8) is 0 Å². The van der Waals surface area contributed by atoms with E-state index in [9.17, 15) is 14.4 Å². The number of aryl methyl sites for hydroxylation is 1. The molecule has 3 N–H and O–H groups in total. The molecule has 5 heterocycles. The number of carbonyl (C=O) groups is 3. The number of nitrogens with one attached hydrogen (secondary N) is 2. The van der Waals surface area contributed by atoms with Crippen LogP contribution in [0.5, 0.6) is 17.2 Å². The van der Waals surface area contributed by atoms with Crippen LogP contribution >= 0.6 is 0 Å². The van der Waals surface area contributed by atoms with E-state index in [0.29, 0.717) is 56.3 Å². The first kappa shape index (κ1) is 25.1. The van der Waals surface area contributed by atoms with Crippen LogP contribution in [0.4, 0.5) is 0 Å². The molecule has 0 saturated carbocycles. The maximum absolute atomic E-state index is 13.3. The molecule has 6 bridgehead atoms. The molecule has 196 valence electrons. The lowest BCUT2D eigenvalue weighted by Crippen LogP contribution is -2.48. The van der Waals surface area contributed by atoms with Gasteiger partial charge >= 0.3 is 0 Å². The summed E-state index contributed by atoms with van der Waals surface area (Å²) < 4.78 is 12.5. The Labute approximate surface area is 218 Å². The van der Waals surface area contributed by atoms with Gasteiger partial charge in [0, 0.05) is 49.0 Å². The van der Waals surface area contributed by atoms with Gasteiger partial charge in [-0.3, -0.25) is 19.2 Å². The maximum Gasteiger partial charge on any atom is 0.290 e. The highest BCUT2D eigenvalue weighted by Gasteiger charge is 2.53. The van der Waals surface area contributed by atoms with Crippen molar-refractivity contribution in [3.05, 3.63) is 87.8 Å². The predicted molar refractivity (Wildman–Crippen MR) is 137 cm³/mol. The Morgan fingerprint density at radius 3 is 2.68 bits per heavy atom. The van der Waals surface area contributed by atoms with E-state index in [-0.39, 0.29) is 35.5 Å². The Bertz CT molecular complexity index is 1440. The van der Waals surface area contributed by atoms with Crippen molar-refractivity contribution in [1.29, 1.82) is 0 Å². The van der Waals surface area contributed by atoms with Crippen molar-refractivity contribution in [2.45, 2.75) is 18.8 Å². The number of nitrogens with zero attached hydrogens (tertiary/aromatic N) is 1. The number of aromatic nitrogens is 1. The van der Waals surface area contributed by atoms with E-state index in [2.05, 4.69) is 10.3 Å². The lowest BCUT2D eigenvalue weighted by Gasteiger charge is -2.39. The van der Waals surface area contributed by atoms with Crippen LogP contribution < -0.4 is 20.3 Å². The van der Waals surface area contributed by atoms with Crippen LogP contribution in [0.1, 0.15) is 34.0 Å². The van der Waals surface area contributed by atoms with Crippen LogP contribution in [-0.2, 0) is 16.0 Å². The average molecular weight is 518 g/mol. The van der Waals surface area contributed by atoms with Gasteiger partial charge in [-0.05, 0) is 36.2 Å². The van der Waals surface area contributed by atoms with Gasteiger partial charge in [-0.1, -0.05) is 30.3 Å². The second kappa shape index (κ2) is 10.4. The third-order valence-corrected chi connectivity index (χ3v) is 7.23. The third-order valence-electron chi connectivity index (χ3n) is 7.23. The van der Waals surface area contributed by atoms with Gasteiger partial charge in [0.2, 0.25) is 11.5 Å². The molecule has 10 heteroatoms. The Hall–Kier alpha value is -4.60. The Morgan fingerprint density at radius 1 is 1.08 bits per heavy atom. The van der Waals surface area contributed by atoms with Gasteiger partial charge in [-0.2, -0.15) is 0 Å². The summed E-state index contributed by atoms with van der Waals surface area (Å²) in [6, 6.07) is 18.1. The Morgan fingerprint density at radius 2 is 1.87 bits per heavy atom. The zero-order chi connectivity index (χ0) is 26.7. The summed E-state index contributed by atoms with van der Waals surface area (Å²) in [6.45, 7) is 1.31. The SMILES string of the molecule is O=C1CCc2cccc(c2)Oc2cccc3c2OC[C@]2(CN1)CN(C(=O)c1cccc(=O)[nH]1)C[C@H]32.O=CO. The number of amides is 2. The zero-order valence-corrected chi connectivity index (χ0v) is 20.5. The normalized spacial score (nSPS) is 21.4. The van der Waals surface area contributed by atoms with Crippen molar-refractivity contribution in [3.8, 4) is 17.2 Å². The molecule has 0 radical (unpaired) electrons. The molecule has 1 spiro atoms. The second-order valence-electron chi connectivity index (χ2n) is 9.62. The van der Waals surface area contributed by atoms with Gasteiger partial charge < -0.3 is 29.8 Å². The first-order valence-electron chi connectivity index (χ1n) is 12.3. The Kier molecular flexibility index (Phi) is 6.87. The number of hydrogen-bond donors (Lipinski definition) is 3. The summed E-state index contributed by atoms with van der Waals surface area (Å²) in [6.07, 6.45) is 0.963. The molecule has 7 rings (SSSR count). The predicted octanol–water partition coefficient (Wildman–Crippen LogP) is 2.55. The highest BCUT2D eigenvalue weighted by Crippen LogP contribution is 2.52. The highest BCUT2D eigenvalue weighted by molar-refractivity contribution is 5.92. The van der Waals surface area contributed by atoms with E-state index in [1.165, 1.54) is 6.07 Å². The van der Waals surface area contributed by atoms with Gasteiger partial charge in [-0.15, -0.1) is 0 Å². The fourth-order valence-electron chi connectivity index (χ4n) is 5.44. The summed E-state index contributed by atoms with van der Waals surface area (Å²) in [5.74, 6) is 1.63. The van der Waals surface area contributed by atoms with E-state index < -0.39 is 5.41 Å². The monoisotopic (exact) mass is 517 g/mol. The number of para-hydroxylation sites is 1. The van der Waals surface area contributed by atoms with E-state index >= 15 is 0 Å². The number of likely N-dealkylation sites (tertiary alicyclic amines) is 1. The quantitative estimate of drug-likeness (QED) is 0.422. The molecule has 1 saturated heterocycles. The summed E-state index contributed by atoms with van der Waals surface area (Å²) in [5.41, 5.74) is 1.41. The largest absolute Gasteiger partial charge is 0.489 e. The molecule has 38 heavy (non-hydrogen) atoms. The van der Waals surface area contributed by atoms with Gasteiger partial charge in [-0.25, -0.2) is 0 Å². The summed E-state index contributed by atoms with van der Waals surface area (Å²) >= 11 is 0. The standard InChI is InChI=1S/C27H25N3O5.CH2O2/c31-23-11-10-17-4-1-5-18(12-17)35-22-8-2-6-19-20-13-30(26(33)21-7-3-9-24(32)29-21)15-27(20,14-28-23)16-34-25(19)22;2-1-3/h1-9,12,20H,10-11,13-16H2,(H,28,31)(H,29,32);1H,(H,2,3)/t20-,27+;/m1./s1. The smallest absolute Gasteiger partial charge is 0.290 e. The van der Waals surface area contributed by atoms with Crippen molar-refractivity contribution < 1.29 is 29.0 Å². The molecular weight excluding hydrogens is 490 g/mol. The second-order valence-corrected chi connectivity index (χ2v) is 9.62. The van der Waals surface area contributed by atoms with E-state index in [1.807, 2.05) is 42.5 Å². The first-order valence-corrected chi connectivity index (χ1v) is 12.3. The lowest BCUT2D eigenvalue weighted by molar-refractivity contribution is -0.123. The van der Waals surface area contributed by atoms with Gasteiger partial charge in [0.25, 0.3) is 12.4 Å². The minimum absolute atomic E-state index is 0.0433. The molecule has 1 aromatic heterocycles. The van der Waals surface area contributed by atoms with E-state index in [4.69, 9.17) is 19.4 Å². The van der Waals surface area contributed by atoms with E-state index in [0.717, 1.165) is 11.1 Å². The lowest BCUT2D eigenvalue weighted by atomic mass is 9.73. The minimum atomic E-state index is -0.496. The fourth-order valence-corrected chi connectivity index (χ4v) is 5.44. The number of H-pyrrole nitrogens is 1. The molecule has 2 amide bonds. The van der Waals surface area contributed by atoms with Gasteiger partial charge in [0.05, 0.1) is 6.61 Å². The number of carboxylic acid groups (broad SMARTS) is 1. The van der Waals surface area contributed by atoms with Crippen molar-refractivity contribution in [1.82, 2.24) is 15.2 Å². The summed E-state index contributed by atoms with van der Waals surface area (Å²) in [5, 5.41) is 10.00. The molecule has 1 fully saturated rings. The van der Waals surface area contributed by atoms with Crippen LogP contribution in [0.15, 0.2) is 65.5 Å². The summed E-state index contributed by atoms with van der Waals surface area (Å²) in [4.78, 5) is 50.6. The molecule has 0 unspecified atom stereocenters. The minimum Gasteiger partial charge on any atom is -0.489 e. The Balaban J connectivity index is 0.000000937. The number of hydrogen-bond acceptors (Lipinski definition) is 6. The summed E-state index contributed by atoms with van der Waals surface area (Å²) in [7, 11) is 0. The third kappa shape index (κ3) is 4.84. The number of benzene rings is 2. The average Bonchev–Trinajstić information content (AvgIpc) is 3.31. The van der Waals surface area contributed by atoms with Crippen molar-refractivity contribution in [2.75, 3.05) is 26.2 Å². The van der Waals surface area contributed by atoms with Crippen molar-refractivity contribution in [2.24, 2.45) is 5.41 Å². The molecule has 2 aromatic carbocycles. The van der Waals surface area contributed by atoms with Crippen LogP contribution in [-0.4, -0.2) is 59.5 Å². The molecule has 2 atom stereocenters. The zero-order valence-electron chi connectivity index (χ0n) is 20.5. The van der Waals surface area contributed by atoms with Gasteiger partial charge in [0.1, 0.15) is 11.4 Å². The van der Waals surface area contributed by atoms with Crippen LogP contribution in [0.25, 0.3) is 0 Å². The number of rotatable bonds is 1. The molecule has 10 nitrogen and oxygen atoms in total. The molecular formula is C28H27N3O7. The number of pyridine rings is 1. The fraction of sp³-hybridized carbons (Fsp3) is 0.286. The maximum atomic E-state index is 13.3. The van der Waals surface area contributed by atoms with Crippen LogP contribution in [0.2, 0.25) is 0 Å². The number of carbonyl (C=O) groups excluding carboxylic acids is 2.